The predicted molar refractivity (Wildman–Crippen MR) is 72.9 cm³/mol. The molecule has 0 amide bonds. The lowest BCUT2D eigenvalue weighted by Gasteiger charge is -2.17. The van der Waals surface area contributed by atoms with Gasteiger partial charge < -0.3 is 10.5 Å². The fraction of sp³-hybridized carbons (Fsp3) is 0.462. The lowest BCUT2D eigenvalue weighted by atomic mass is 9.93. The first-order valence-electron chi connectivity index (χ1n) is 5.52. The molecule has 0 fully saturated rings. The minimum atomic E-state index is -0.362. The smallest absolute Gasteiger partial charge is 0.340 e. The van der Waals surface area contributed by atoms with Gasteiger partial charge in [0.2, 0.25) is 0 Å². The van der Waals surface area contributed by atoms with Gasteiger partial charge in [-0.1, -0.05) is 36.7 Å². The average molecular weight is 300 g/mol. The number of esters is 1. The van der Waals surface area contributed by atoms with Gasteiger partial charge in [0.25, 0.3) is 0 Å². The van der Waals surface area contributed by atoms with Crippen molar-refractivity contribution in [1.82, 2.24) is 0 Å². The van der Waals surface area contributed by atoms with Crippen molar-refractivity contribution in [3.05, 3.63) is 28.2 Å². The Morgan fingerprint density at radius 2 is 2.06 bits per heavy atom. The molecule has 3 nitrogen and oxygen atoms in total. The standard InChI is InChI=1S/C13H18BrNO2/c1-13(2,3)6-7-17-12(16)10-5-4-9(14)8-11(10)15/h4-5,8H,6-7,15H2,1-3H3. The monoisotopic (exact) mass is 299 g/mol. The van der Waals surface area contributed by atoms with Crippen molar-refractivity contribution in [2.45, 2.75) is 27.2 Å². The fourth-order valence-electron chi connectivity index (χ4n) is 1.25. The molecular weight excluding hydrogens is 282 g/mol. The van der Waals surface area contributed by atoms with E-state index in [-0.39, 0.29) is 11.4 Å². The normalized spacial score (nSPS) is 11.3. The van der Waals surface area contributed by atoms with Gasteiger partial charge in [0, 0.05) is 10.2 Å². The largest absolute Gasteiger partial charge is 0.462 e. The van der Waals surface area contributed by atoms with Crippen LogP contribution in [0.5, 0.6) is 0 Å². The first kappa shape index (κ1) is 14.0. The molecule has 2 N–H and O–H groups in total. The molecule has 94 valence electrons. The predicted octanol–water partition coefficient (Wildman–Crippen LogP) is 3.62. The SMILES string of the molecule is CC(C)(C)CCOC(=O)c1ccc(Br)cc1N. The van der Waals surface area contributed by atoms with Crippen LogP contribution in [0.1, 0.15) is 37.6 Å². The van der Waals surface area contributed by atoms with Crippen molar-refractivity contribution in [3.8, 4) is 0 Å². The van der Waals surface area contributed by atoms with Gasteiger partial charge in [0.05, 0.1) is 12.2 Å². The number of ether oxygens (including phenoxy) is 1. The second-order valence-electron chi connectivity index (χ2n) is 5.18. The van der Waals surface area contributed by atoms with Crippen molar-refractivity contribution in [3.63, 3.8) is 0 Å². The minimum absolute atomic E-state index is 0.158. The number of hydrogen-bond donors (Lipinski definition) is 1. The van der Waals surface area contributed by atoms with E-state index in [4.69, 9.17) is 10.5 Å². The van der Waals surface area contributed by atoms with Crippen LogP contribution < -0.4 is 5.73 Å². The Bertz CT molecular complexity index is 410. The summed E-state index contributed by atoms with van der Waals surface area (Å²) in [5, 5.41) is 0. The summed E-state index contributed by atoms with van der Waals surface area (Å²) < 4.78 is 6.04. The lowest BCUT2D eigenvalue weighted by Crippen LogP contribution is -2.14. The highest BCUT2D eigenvalue weighted by atomic mass is 79.9. The number of nitrogen functional groups attached to an aromatic ring is 1. The van der Waals surface area contributed by atoms with Crippen LogP contribution in [-0.4, -0.2) is 12.6 Å². The number of nitrogens with two attached hydrogens (primary N) is 1. The molecule has 1 aromatic carbocycles. The molecule has 0 aliphatic heterocycles. The van der Waals surface area contributed by atoms with Crippen LogP contribution in [0.4, 0.5) is 5.69 Å². The Labute approximate surface area is 110 Å². The molecule has 0 saturated carbocycles. The topological polar surface area (TPSA) is 52.3 Å². The summed E-state index contributed by atoms with van der Waals surface area (Å²) in [6.45, 7) is 6.73. The number of benzene rings is 1. The Morgan fingerprint density at radius 1 is 1.41 bits per heavy atom. The van der Waals surface area contributed by atoms with E-state index < -0.39 is 0 Å². The second-order valence-corrected chi connectivity index (χ2v) is 6.09. The Hall–Kier alpha value is -1.03. The number of carbonyl (C=O) groups excluding carboxylic acids is 1. The minimum Gasteiger partial charge on any atom is -0.462 e. The van der Waals surface area contributed by atoms with Crippen molar-refractivity contribution in [1.29, 1.82) is 0 Å². The zero-order valence-corrected chi connectivity index (χ0v) is 12.0. The van der Waals surface area contributed by atoms with Gasteiger partial charge >= 0.3 is 5.97 Å². The molecule has 0 spiro atoms. The van der Waals surface area contributed by atoms with Gasteiger partial charge in [-0.15, -0.1) is 0 Å². The second kappa shape index (κ2) is 5.54. The summed E-state index contributed by atoms with van der Waals surface area (Å²) in [7, 11) is 0. The number of carbonyl (C=O) groups is 1. The molecule has 0 atom stereocenters. The maximum absolute atomic E-state index is 11.7. The molecule has 1 aromatic rings. The van der Waals surface area contributed by atoms with E-state index in [9.17, 15) is 4.79 Å². The molecule has 0 aromatic heterocycles. The van der Waals surface area contributed by atoms with E-state index in [1.807, 2.05) is 0 Å². The molecule has 0 aliphatic carbocycles. The quantitative estimate of drug-likeness (QED) is 0.685. The number of anilines is 1. The summed E-state index contributed by atoms with van der Waals surface area (Å²) in [6, 6.07) is 5.13. The van der Waals surface area contributed by atoms with Crippen LogP contribution in [0.2, 0.25) is 0 Å². The number of halogens is 1. The maximum Gasteiger partial charge on any atom is 0.340 e. The van der Waals surface area contributed by atoms with Crippen LogP contribution in [0.25, 0.3) is 0 Å². The van der Waals surface area contributed by atoms with E-state index in [0.717, 1.165) is 10.9 Å². The first-order valence-corrected chi connectivity index (χ1v) is 6.31. The molecule has 1 rings (SSSR count). The van der Waals surface area contributed by atoms with Crippen LogP contribution in [0, 0.1) is 5.41 Å². The van der Waals surface area contributed by atoms with Crippen molar-refractivity contribution >= 4 is 27.6 Å². The summed E-state index contributed by atoms with van der Waals surface area (Å²) in [4.78, 5) is 11.7. The van der Waals surface area contributed by atoms with E-state index >= 15 is 0 Å². The van der Waals surface area contributed by atoms with E-state index in [1.165, 1.54) is 0 Å². The third-order valence-electron chi connectivity index (χ3n) is 2.32. The highest BCUT2D eigenvalue weighted by Gasteiger charge is 2.14. The average Bonchev–Trinajstić information content (AvgIpc) is 2.15. The van der Waals surface area contributed by atoms with E-state index in [2.05, 4.69) is 36.7 Å². The third kappa shape index (κ3) is 4.77. The molecule has 17 heavy (non-hydrogen) atoms. The Morgan fingerprint density at radius 3 is 2.59 bits per heavy atom. The highest BCUT2D eigenvalue weighted by molar-refractivity contribution is 9.10. The summed E-state index contributed by atoms with van der Waals surface area (Å²) in [5.41, 5.74) is 6.76. The van der Waals surface area contributed by atoms with Gasteiger partial charge in [-0.2, -0.15) is 0 Å². The molecular formula is C13H18BrNO2. The molecule has 0 heterocycles. The van der Waals surface area contributed by atoms with Crippen molar-refractivity contribution in [2.24, 2.45) is 5.41 Å². The van der Waals surface area contributed by atoms with E-state index in [0.29, 0.717) is 17.9 Å². The molecule has 4 heteroatoms. The van der Waals surface area contributed by atoms with Gasteiger partial charge in [-0.25, -0.2) is 4.79 Å². The van der Waals surface area contributed by atoms with Crippen LogP contribution in [0.3, 0.4) is 0 Å². The van der Waals surface area contributed by atoms with Gasteiger partial charge in [0.15, 0.2) is 0 Å². The first-order chi connectivity index (χ1) is 7.79. The zero-order valence-electron chi connectivity index (χ0n) is 10.4. The van der Waals surface area contributed by atoms with Crippen LogP contribution >= 0.6 is 15.9 Å². The molecule has 0 saturated heterocycles. The van der Waals surface area contributed by atoms with Crippen LogP contribution in [-0.2, 0) is 4.74 Å². The lowest BCUT2D eigenvalue weighted by molar-refractivity contribution is 0.0466. The molecule has 0 bridgehead atoms. The molecule has 0 radical (unpaired) electrons. The number of rotatable bonds is 3. The van der Waals surface area contributed by atoms with Gasteiger partial charge in [-0.3, -0.25) is 0 Å². The molecule has 0 unspecified atom stereocenters. The Kier molecular flexibility index (Phi) is 4.57. The Balaban J connectivity index is 2.59. The van der Waals surface area contributed by atoms with E-state index in [1.54, 1.807) is 18.2 Å². The fourth-order valence-corrected chi connectivity index (χ4v) is 1.63. The number of hydrogen-bond acceptors (Lipinski definition) is 3. The summed E-state index contributed by atoms with van der Waals surface area (Å²) >= 11 is 3.29. The van der Waals surface area contributed by atoms with Crippen LogP contribution in [0.15, 0.2) is 22.7 Å². The van der Waals surface area contributed by atoms with Gasteiger partial charge in [0.1, 0.15) is 0 Å². The summed E-state index contributed by atoms with van der Waals surface area (Å²) in [6.07, 6.45) is 0.829. The van der Waals surface area contributed by atoms with Gasteiger partial charge in [-0.05, 0) is 30.0 Å². The summed E-state index contributed by atoms with van der Waals surface area (Å²) in [5.74, 6) is -0.362. The maximum atomic E-state index is 11.7. The van der Waals surface area contributed by atoms with Crippen molar-refractivity contribution in [2.75, 3.05) is 12.3 Å². The molecule has 0 aliphatic rings. The third-order valence-corrected chi connectivity index (χ3v) is 2.81. The highest BCUT2D eigenvalue weighted by Crippen LogP contribution is 2.21. The van der Waals surface area contributed by atoms with Crippen molar-refractivity contribution < 1.29 is 9.53 Å². The zero-order chi connectivity index (χ0) is 13.1.